The quantitative estimate of drug-likeness (QED) is 0.816. The van der Waals surface area contributed by atoms with Crippen LogP contribution in [0.15, 0.2) is 12.1 Å². The Balaban J connectivity index is 2.50. The molecule has 0 spiro atoms. The van der Waals surface area contributed by atoms with Gasteiger partial charge in [0.1, 0.15) is 5.75 Å². The lowest BCUT2D eigenvalue weighted by atomic mass is 9.79. The van der Waals surface area contributed by atoms with Gasteiger partial charge in [-0.25, -0.2) is 0 Å². The van der Waals surface area contributed by atoms with Gasteiger partial charge in [0.05, 0.1) is 25.7 Å². The third kappa shape index (κ3) is 1.72. The van der Waals surface area contributed by atoms with Crippen molar-refractivity contribution < 1.29 is 9.47 Å². The van der Waals surface area contributed by atoms with E-state index >= 15 is 0 Å². The maximum absolute atomic E-state index is 5.48. The van der Waals surface area contributed by atoms with Gasteiger partial charge in [0, 0.05) is 11.3 Å². The fourth-order valence-corrected chi connectivity index (χ4v) is 2.41. The minimum atomic E-state index is 0.0485. The number of aryl methyl sites for hydroxylation is 2. The van der Waals surface area contributed by atoms with Crippen LogP contribution in [0.5, 0.6) is 5.75 Å². The Morgan fingerprint density at radius 2 is 1.94 bits per heavy atom. The van der Waals surface area contributed by atoms with Crippen molar-refractivity contribution in [1.29, 1.82) is 0 Å². The Morgan fingerprint density at radius 1 is 1.31 bits per heavy atom. The van der Waals surface area contributed by atoms with E-state index in [0.29, 0.717) is 0 Å². The molecule has 2 nitrogen and oxygen atoms in total. The van der Waals surface area contributed by atoms with Crippen molar-refractivity contribution in [1.82, 2.24) is 0 Å². The van der Waals surface area contributed by atoms with Crippen molar-refractivity contribution in [3.05, 3.63) is 28.8 Å². The van der Waals surface area contributed by atoms with Crippen molar-refractivity contribution in [2.45, 2.75) is 19.3 Å². The first-order valence-electron chi connectivity index (χ1n) is 5.47. The van der Waals surface area contributed by atoms with Crippen molar-refractivity contribution in [3.8, 4) is 5.75 Å². The van der Waals surface area contributed by atoms with Crippen molar-refractivity contribution in [3.63, 3.8) is 0 Å². The Kier molecular flexibility index (Phi) is 3.17. The van der Waals surface area contributed by atoms with Gasteiger partial charge in [-0.2, -0.15) is 12.6 Å². The molecule has 0 radical (unpaired) electrons. The van der Waals surface area contributed by atoms with Gasteiger partial charge in [0.15, 0.2) is 0 Å². The first-order valence-corrected chi connectivity index (χ1v) is 6.10. The highest BCUT2D eigenvalue weighted by atomic mass is 32.1. The van der Waals surface area contributed by atoms with E-state index in [1.165, 1.54) is 16.7 Å². The number of hydrogen-bond acceptors (Lipinski definition) is 3. The van der Waals surface area contributed by atoms with E-state index in [1.54, 1.807) is 7.11 Å². The van der Waals surface area contributed by atoms with Gasteiger partial charge in [0.25, 0.3) is 0 Å². The average Bonchev–Trinajstić information content (AvgIpc) is 2.22. The largest absolute Gasteiger partial charge is 0.496 e. The highest BCUT2D eigenvalue weighted by Gasteiger charge is 2.41. The zero-order valence-corrected chi connectivity index (χ0v) is 10.9. The molecule has 1 fully saturated rings. The second kappa shape index (κ2) is 4.30. The number of thiol groups is 1. The summed E-state index contributed by atoms with van der Waals surface area (Å²) in [6, 6.07) is 4.32. The molecule has 0 aliphatic carbocycles. The predicted octanol–water partition coefficient (Wildman–Crippen LogP) is 2.51. The molecule has 0 atom stereocenters. The number of rotatable bonds is 3. The summed E-state index contributed by atoms with van der Waals surface area (Å²) in [6.45, 7) is 5.72. The van der Waals surface area contributed by atoms with E-state index in [-0.39, 0.29) is 5.41 Å². The molecular formula is C13H18O2S. The summed E-state index contributed by atoms with van der Waals surface area (Å²) >= 11 is 4.45. The molecule has 1 aliphatic rings. The summed E-state index contributed by atoms with van der Waals surface area (Å²) in [6.07, 6.45) is 0. The van der Waals surface area contributed by atoms with Gasteiger partial charge in [-0.15, -0.1) is 0 Å². The van der Waals surface area contributed by atoms with E-state index in [0.717, 1.165) is 24.7 Å². The van der Waals surface area contributed by atoms with Gasteiger partial charge < -0.3 is 9.47 Å². The third-order valence-electron chi connectivity index (χ3n) is 3.45. The molecule has 2 rings (SSSR count). The second-order valence-electron chi connectivity index (χ2n) is 4.57. The SMILES string of the molecule is COc1cc(C)c(C)cc1C1(CS)COC1. The van der Waals surface area contributed by atoms with Crippen molar-refractivity contribution in [2.75, 3.05) is 26.1 Å². The molecule has 16 heavy (non-hydrogen) atoms. The summed E-state index contributed by atoms with van der Waals surface area (Å²) in [5.74, 6) is 1.76. The standard InChI is InChI=1S/C13H18O2S/c1-9-4-11(12(14-3)5-10(9)2)13(8-16)6-15-7-13/h4-5,16H,6-8H2,1-3H3. The van der Waals surface area contributed by atoms with Crippen LogP contribution >= 0.6 is 12.6 Å². The molecular weight excluding hydrogens is 220 g/mol. The summed E-state index contributed by atoms with van der Waals surface area (Å²) in [7, 11) is 1.72. The van der Waals surface area contributed by atoms with Crippen molar-refractivity contribution in [2.24, 2.45) is 0 Å². The summed E-state index contributed by atoms with van der Waals surface area (Å²) < 4.78 is 10.8. The molecule has 3 heteroatoms. The minimum absolute atomic E-state index is 0.0485. The van der Waals surface area contributed by atoms with Crippen LogP contribution in [-0.2, 0) is 10.2 Å². The third-order valence-corrected chi connectivity index (χ3v) is 4.05. The lowest BCUT2D eigenvalue weighted by molar-refractivity contribution is -0.0480. The number of benzene rings is 1. The van der Waals surface area contributed by atoms with Crippen LogP contribution in [0, 0.1) is 13.8 Å². The maximum atomic E-state index is 5.48. The van der Waals surface area contributed by atoms with Gasteiger partial charge in [-0.3, -0.25) is 0 Å². The Bertz CT molecular complexity index is 392. The van der Waals surface area contributed by atoms with Crippen LogP contribution in [0.25, 0.3) is 0 Å². The van der Waals surface area contributed by atoms with Crippen LogP contribution in [0.3, 0.4) is 0 Å². The van der Waals surface area contributed by atoms with E-state index in [2.05, 4.69) is 38.6 Å². The molecule has 1 aromatic carbocycles. The highest BCUT2D eigenvalue weighted by Crippen LogP contribution is 2.40. The fraction of sp³-hybridized carbons (Fsp3) is 0.538. The van der Waals surface area contributed by atoms with Crippen LogP contribution in [0.2, 0.25) is 0 Å². The van der Waals surface area contributed by atoms with Gasteiger partial charge in [-0.1, -0.05) is 6.07 Å². The van der Waals surface area contributed by atoms with E-state index in [9.17, 15) is 0 Å². The first-order chi connectivity index (χ1) is 7.63. The normalized spacial score (nSPS) is 18.0. The Morgan fingerprint density at radius 3 is 2.38 bits per heavy atom. The molecule has 1 aliphatic heterocycles. The van der Waals surface area contributed by atoms with Crippen molar-refractivity contribution >= 4 is 12.6 Å². The molecule has 1 saturated heterocycles. The first kappa shape index (κ1) is 11.8. The summed E-state index contributed by atoms with van der Waals surface area (Å²) in [5.41, 5.74) is 3.84. The van der Waals surface area contributed by atoms with E-state index < -0.39 is 0 Å². The van der Waals surface area contributed by atoms with Crippen LogP contribution in [0.4, 0.5) is 0 Å². The number of hydrogen-bond donors (Lipinski definition) is 1. The van der Waals surface area contributed by atoms with Crippen LogP contribution in [0.1, 0.15) is 16.7 Å². The molecule has 0 amide bonds. The monoisotopic (exact) mass is 238 g/mol. The molecule has 0 N–H and O–H groups in total. The predicted molar refractivity (Wildman–Crippen MR) is 68.8 cm³/mol. The molecule has 0 unspecified atom stereocenters. The van der Waals surface area contributed by atoms with Crippen LogP contribution < -0.4 is 4.74 Å². The smallest absolute Gasteiger partial charge is 0.123 e. The fourth-order valence-electron chi connectivity index (χ4n) is 2.05. The minimum Gasteiger partial charge on any atom is -0.496 e. The van der Waals surface area contributed by atoms with E-state index in [1.807, 2.05) is 0 Å². The number of ether oxygens (including phenoxy) is 2. The zero-order valence-electron chi connectivity index (χ0n) is 10.0. The summed E-state index contributed by atoms with van der Waals surface area (Å²) in [5, 5.41) is 0. The second-order valence-corrected chi connectivity index (χ2v) is 4.88. The summed E-state index contributed by atoms with van der Waals surface area (Å²) in [4.78, 5) is 0. The zero-order chi connectivity index (χ0) is 11.8. The highest BCUT2D eigenvalue weighted by molar-refractivity contribution is 7.80. The van der Waals surface area contributed by atoms with Gasteiger partial charge >= 0.3 is 0 Å². The average molecular weight is 238 g/mol. The van der Waals surface area contributed by atoms with Gasteiger partial charge in [-0.05, 0) is 31.0 Å². The van der Waals surface area contributed by atoms with Gasteiger partial charge in [0.2, 0.25) is 0 Å². The Hall–Kier alpha value is -0.670. The molecule has 0 saturated carbocycles. The van der Waals surface area contributed by atoms with Crippen LogP contribution in [-0.4, -0.2) is 26.1 Å². The lowest BCUT2D eigenvalue weighted by Crippen LogP contribution is -2.48. The molecule has 0 aromatic heterocycles. The maximum Gasteiger partial charge on any atom is 0.123 e. The number of methoxy groups -OCH3 is 1. The molecule has 88 valence electrons. The molecule has 1 heterocycles. The van der Waals surface area contributed by atoms with E-state index in [4.69, 9.17) is 9.47 Å². The topological polar surface area (TPSA) is 18.5 Å². The Labute approximate surface area is 102 Å². The molecule has 0 bridgehead atoms. The lowest BCUT2D eigenvalue weighted by Gasteiger charge is -2.41. The molecule has 1 aromatic rings.